The van der Waals surface area contributed by atoms with Crippen LogP contribution in [0, 0.1) is 0 Å². The van der Waals surface area contributed by atoms with Gasteiger partial charge >= 0.3 is 0 Å². The maximum atomic E-state index is 13.5. The summed E-state index contributed by atoms with van der Waals surface area (Å²) in [4.78, 5) is 23.4. The van der Waals surface area contributed by atoms with Gasteiger partial charge in [-0.3, -0.25) is 14.9 Å². The van der Waals surface area contributed by atoms with E-state index in [1.54, 1.807) is 13.3 Å². The Balaban J connectivity index is 1.38. The number of hydrogen-bond donors (Lipinski definition) is 2. The zero-order chi connectivity index (χ0) is 23.1. The van der Waals surface area contributed by atoms with Crippen LogP contribution in [0.5, 0.6) is 5.75 Å². The van der Waals surface area contributed by atoms with Gasteiger partial charge in [0.05, 0.1) is 18.5 Å². The smallest absolute Gasteiger partial charge is 0.273 e. The highest BCUT2D eigenvalue weighted by atomic mass is 16.5. The molecule has 5 aromatic rings. The van der Waals surface area contributed by atoms with E-state index in [0.29, 0.717) is 18.7 Å². The van der Waals surface area contributed by atoms with E-state index in [1.165, 1.54) is 0 Å². The average Bonchev–Trinajstić information content (AvgIpc) is 3.57. The molecule has 3 aromatic heterocycles. The van der Waals surface area contributed by atoms with Crippen LogP contribution >= 0.6 is 0 Å². The summed E-state index contributed by atoms with van der Waals surface area (Å²) < 4.78 is 5.41. The fraction of sp³-hybridized carbons (Fsp3) is 0.148. The Morgan fingerprint density at radius 1 is 1.06 bits per heavy atom. The number of fused-ring (bicyclic) bond motifs is 2. The number of methoxy groups -OCH3 is 1. The molecule has 1 amide bonds. The number of nitrogens with zero attached hydrogens (tertiary/aromatic N) is 3. The molecule has 0 bridgehead atoms. The second-order valence-electron chi connectivity index (χ2n) is 8.36. The van der Waals surface area contributed by atoms with E-state index in [2.05, 4.69) is 20.2 Å². The second kappa shape index (κ2) is 8.19. The van der Waals surface area contributed by atoms with Crippen molar-refractivity contribution in [2.24, 2.45) is 0 Å². The van der Waals surface area contributed by atoms with Gasteiger partial charge in [-0.15, -0.1) is 0 Å². The summed E-state index contributed by atoms with van der Waals surface area (Å²) in [5.74, 6) is 0.753. The van der Waals surface area contributed by atoms with Crippen LogP contribution < -0.4 is 4.74 Å². The molecule has 1 atom stereocenters. The Bertz CT molecular complexity index is 1470. The number of amides is 1. The van der Waals surface area contributed by atoms with Gasteiger partial charge in [0.15, 0.2) is 0 Å². The molecule has 7 heteroatoms. The van der Waals surface area contributed by atoms with Crippen LogP contribution in [0.3, 0.4) is 0 Å². The number of pyridine rings is 1. The first-order valence-corrected chi connectivity index (χ1v) is 11.2. The summed E-state index contributed by atoms with van der Waals surface area (Å²) >= 11 is 0. The van der Waals surface area contributed by atoms with Gasteiger partial charge in [0.2, 0.25) is 0 Å². The number of carbonyl (C=O) groups excluding carboxylic acids is 1. The topological polar surface area (TPSA) is 86.9 Å². The van der Waals surface area contributed by atoms with E-state index in [4.69, 9.17) is 4.74 Å². The number of hydrogen-bond acceptors (Lipinski definition) is 4. The molecule has 0 aliphatic carbocycles. The lowest BCUT2D eigenvalue weighted by Gasteiger charge is -2.25. The van der Waals surface area contributed by atoms with Gasteiger partial charge < -0.3 is 14.6 Å². The molecule has 1 aliphatic rings. The number of benzene rings is 2. The van der Waals surface area contributed by atoms with Gasteiger partial charge in [0.1, 0.15) is 17.5 Å². The minimum atomic E-state index is -0.308. The molecule has 4 heterocycles. The number of H-pyrrole nitrogens is 2. The van der Waals surface area contributed by atoms with Crippen LogP contribution in [0.1, 0.15) is 33.4 Å². The molecule has 6 rings (SSSR count). The number of aromatic nitrogens is 4. The highest BCUT2D eigenvalue weighted by Crippen LogP contribution is 2.42. The van der Waals surface area contributed by atoms with Crippen molar-refractivity contribution in [2.45, 2.75) is 12.5 Å². The molecule has 2 aromatic carbocycles. The molecule has 1 aliphatic heterocycles. The van der Waals surface area contributed by atoms with E-state index in [-0.39, 0.29) is 11.9 Å². The van der Waals surface area contributed by atoms with Crippen molar-refractivity contribution in [3.05, 3.63) is 102 Å². The van der Waals surface area contributed by atoms with E-state index in [1.807, 2.05) is 77.8 Å². The van der Waals surface area contributed by atoms with Gasteiger partial charge in [-0.2, -0.15) is 5.10 Å². The lowest BCUT2D eigenvalue weighted by Crippen LogP contribution is -2.32. The number of aromatic amines is 2. The van der Waals surface area contributed by atoms with Crippen molar-refractivity contribution in [1.29, 1.82) is 0 Å². The number of rotatable bonds is 6. The third-order valence-corrected chi connectivity index (χ3v) is 6.48. The van der Waals surface area contributed by atoms with Crippen LogP contribution in [-0.2, 0) is 6.42 Å². The van der Waals surface area contributed by atoms with Crippen molar-refractivity contribution < 1.29 is 9.53 Å². The second-order valence-corrected chi connectivity index (χ2v) is 8.36. The summed E-state index contributed by atoms with van der Waals surface area (Å²) in [6.45, 7) is 0.543. The lowest BCUT2D eigenvalue weighted by molar-refractivity contribution is 0.0743. The summed E-state index contributed by atoms with van der Waals surface area (Å²) in [6.07, 6.45) is 4.47. The van der Waals surface area contributed by atoms with E-state index >= 15 is 0 Å². The predicted molar refractivity (Wildman–Crippen MR) is 130 cm³/mol. The third-order valence-electron chi connectivity index (χ3n) is 6.48. The standard InChI is InChI=1S/C27H23N5O2/c1-34-19-10-11-21-20(15-19)18(16-29-21)12-14-32-26(22-9-5-6-13-28-22)23-24(17-7-3-2-4-8-17)30-31-25(23)27(32)33/h2-11,13,15-16,26,29H,12,14H2,1H3,(H,30,31)/t26-/m0/s1. The SMILES string of the molecule is COc1ccc2[nH]cc(CCN3C(=O)c4[nH]nc(-c5ccccc5)c4[C@@H]3c3ccccn3)c2c1. The molecule has 34 heavy (non-hydrogen) atoms. The van der Waals surface area contributed by atoms with E-state index in [9.17, 15) is 4.79 Å². The van der Waals surface area contributed by atoms with Crippen LogP contribution in [-0.4, -0.2) is 44.6 Å². The summed E-state index contributed by atoms with van der Waals surface area (Å²) in [6, 6.07) is 21.4. The molecule has 168 valence electrons. The van der Waals surface area contributed by atoms with Crippen molar-refractivity contribution in [3.63, 3.8) is 0 Å². The third kappa shape index (κ3) is 3.25. The molecular formula is C27H23N5O2. The molecule has 0 saturated carbocycles. The fourth-order valence-electron chi connectivity index (χ4n) is 4.82. The molecular weight excluding hydrogens is 426 g/mol. The molecule has 0 saturated heterocycles. The Labute approximate surface area is 196 Å². The maximum absolute atomic E-state index is 13.5. The summed E-state index contributed by atoms with van der Waals surface area (Å²) in [5.41, 5.74) is 6.20. The molecule has 7 nitrogen and oxygen atoms in total. The molecule has 0 fully saturated rings. The van der Waals surface area contributed by atoms with Crippen LogP contribution in [0.2, 0.25) is 0 Å². The predicted octanol–water partition coefficient (Wildman–Crippen LogP) is 4.75. The minimum Gasteiger partial charge on any atom is -0.497 e. The Morgan fingerprint density at radius 3 is 2.71 bits per heavy atom. The Kier molecular flexibility index (Phi) is 4.87. The first-order chi connectivity index (χ1) is 16.7. The number of nitrogens with one attached hydrogen (secondary N) is 2. The summed E-state index contributed by atoms with van der Waals surface area (Å²) in [5, 5.41) is 8.63. The zero-order valence-electron chi connectivity index (χ0n) is 18.7. The highest BCUT2D eigenvalue weighted by Gasteiger charge is 2.42. The van der Waals surface area contributed by atoms with Gasteiger partial charge in [-0.25, -0.2) is 0 Å². The minimum absolute atomic E-state index is 0.0576. The number of carbonyl (C=O) groups is 1. The maximum Gasteiger partial charge on any atom is 0.273 e. The Morgan fingerprint density at radius 2 is 1.91 bits per heavy atom. The van der Waals surface area contributed by atoms with Crippen molar-refractivity contribution in [1.82, 2.24) is 25.1 Å². The molecule has 0 unspecified atom stereocenters. The highest BCUT2D eigenvalue weighted by molar-refractivity contribution is 6.00. The van der Waals surface area contributed by atoms with Crippen molar-refractivity contribution >= 4 is 16.8 Å². The van der Waals surface area contributed by atoms with Gasteiger partial charge in [0, 0.05) is 41.0 Å². The first kappa shape index (κ1) is 20.2. The lowest BCUT2D eigenvalue weighted by atomic mass is 9.99. The number of ether oxygens (including phenoxy) is 1. The zero-order valence-corrected chi connectivity index (χ0v) is 18.7. The van der Waals surface area contributed by atoms with Crippen LogP contribution in [0.15, 0.2) is 79.1 Å². The first-order valence-electron chi connectivity index (χ1n) is 11.2. The van der Waals surface area contributed by atoms with Crippen molar-refractivity contribution in [2.75, 3.05) is 13.7 Å². The van der Waals surface area contributed by atoms with Gasteiger partial charge in [-0.05, 0) is 42.3 Å². The van der Waals surface area contributed by atoms with Crippen LogP contribution in [0.4, 0.5) is 0 Å². The monoisotopic (exact) mass is 449 g/mol. The Hall–Kier alpha value is -4.39. The largest absolute Gasteiger partial charge is 0.497 e. The van der Waals surface area contributed by atoms with Gasteiger partial charge in [0.25, 0.3) is 5.91 Å². The normalized spacial score (nSPS) is 15.1. The molecule has 0 spiro atoms. The quantitative estimate of drug-likeness (QED) is 0.392. The summed E-state index contributed by atoms with van der Waals surface area (Å²) in [7, 11) is 1.67. The van der Waals surface area contributed by atoms with Gasteiger partial charge in [-0.1, -0.05) is 36.4 Å². The molecule has 0 radical (unpaired) electrons. The molecule has 2 N–H and O–H groups in total. The van der Waals surface area contributed by atoms with Crippen molar-refractivity contribution in [3.8, 4) is 17.0 Å². The fourth-order valence-corrected chi connectivity index (χ4v) is 4.82. The average molecular weight is 450 g/mol. The van der Waals surface area contributed by atoms with E-state index in [0.717, 1.165) is 44.7 Å². The van der Waals surface area contributed by atoms with E-state index < -0.39 is 0 Å². The van der Waals surface area contributed by atoms with Crippen LogP contribution in [0.25, 0.3) is 22.2 Å².